The normalized spacial score (nSPS) is 18.1. The highest BCUT2D eigenvalue weighted by molar-refractivity contribution is 5.70. The smallest absolute Gasteiger partial charge is 0.307 e. The molecule has 1 saturated heterocycles. The van der Waals surface area contributed by atoms with Crippen LogP contribution < -0.4 is 14.2 Å². The van der Waals surface area contributed by atoms with Crippen molar-refractivity contribution >= 4 is 5.97 Å². The minimum absolute atomic E-state index is 0.168. The molecule has 1 aliphatic rings. The van der Waals surface area contributed by atoms with Crippen LogP contribution in [0.4, 0.5) is 4.39 Å². The molecule has 1 heterocycles. The third-order valence-electron chi connectivity index (χ3n) is 5.38. The molecular weight excluding hydrogens is 377 g/mol. The average molecular weight is 403 g/mol. The second-order valence-electron chi connectivity index (χ2n) is 7.08. The Kier molecular flexibility index (Phi) is 6.59. The van der Waals surface area contributed by atoms with Gasteiger partial charge in [-0.1, -0.05) is 12.1 Å². The fourth-order valence-corrected chi connectivity index (χ4v) is 3.93. The van der Waals surface area contributed by atoms with E-state index in [0.29, 0.717) is 24.5 Å². The van der Waals surface area contributed by atoms with Crippen molar-refractivity contribution in [1.29, 1.82) is 0 Å². The molecule has 0 aromatic heterocycles. The van der Waals surface area contributed by atoms with Gasteiger partial charge in [-0.3, -0.25) is 9.69 Å². The van der Waals surface area contributed by atoms with E-state index < -0.39 is 17.7 Å². The predicted octanol–water partition coefficient (Wildman–Crippen LogP) is 3.74. The Hall–Kier alpha value is -2.80. The van der Waals surface area contributed by atoms with Gasteiger partial charge in [-0.05, 0) is 54.8 Å². The maximum Gasteiger partial charge on any atom is 0.307 e. The summed E-state index contributed by atoms with van der Waals surface area (Å²) in [6, 6.07) is 10.1. The molecule has 1 fully saturated rings. The highest BCUT2D eigenvalue weighted by atomic mass is 19.1. The third-order valence-corrected chi connectivity index (χ3v) is 5.38. The first-order chi connectivity index (χ1) is 14.0. The number of carbonyl (C=O) groups is 1. The minimum atomic E-state index is -0.804. The van der Waals surface area contributed by atoms with Crippen LogP contribution in [0, 0.1) is 11.7 Å². The van der Waals surface area contributed by atoms with Crippen LogP contribution in [-0.4, -0.2) is 50.4 Å². The summed E-state index contributed by atoms with van der Waals surface area (Å²) >= 11 is 0. The van der Waals surface area contributed by atoms with Gasteiger partial charge in [-0.15, -0.1) is 0 Å². The molecule has 2 atom stereocenters. The van der Waals surface area contributed by atoms with Crippen molar-refractivity contribution in [1.82, 2.24) is 4.90 Å². The van der Waals surface area contributed by atoms with Gasteiger partial charge < -0.3 is 19.3 Å². The Balaban J connectivity index is 2.06. The van der Waals surface area contributed by atoms with E-state index in [1.807, 2.05) is 18.2 Å². The number of hydrogen-bond donors (Lipinski definition) is 1. The van der Waals surface area contributed by atoms with Crippen molar-refractivity contribution in [2.24, 2.45) is 5.92 Å². The topological polar surface area (TPSA) is 68.2 Å². The van der Waals surface area contributed by atoms with E-state index in [1.165, 1.54) is 13.2 Å². The lowest BCUT2D eigenvalue weighted by Gasteiger charge is -2.37. The van der Waals surface area contributed by atoms with Crippen LogP contribution >= 0.6 is 0 Å². The van der Waals surface area contributed by atoms with Crippen molar-refractivity contribution in [2.75, 3.05) is 34.4 Å². The Bertz CT molecular complexity index is 872. The number of carboxylic acid groups (broad SMARTS) is 1. The van der Waals surface area contributed by atoms with Gasteiger partial charge in [0.05, 0.1) is 33.3 Å². The quantitative estimate of drug-likeness (QED) is 0.760. The zero-order valence-electron chi connectivity index (χ0n) is 16.9. The first-order valence-corrected chi connectivity index (χ1v) is 9.50. The highest BCUT2D eigenvalue weighted by Crippen LogP contribution is 2.38. The summed E-state index contributed by atoms with van der Waals surface area (Å²) < 4.78 is 30.3. The van der Waals surface area contributed by atoms with Crippen LogP contribution in [0.3, 0.4) is 0 Å². The molecular formula is C22H26FNO5. The molecule has 7 heteroatoms. The lowest BCUT2D eigenvalue weighted by Crippen LogP contribution is -2.41. The minimum Gasteiger partial charge on any atom is -0.494 e. The first-order valence-electron chi connectivity index (χ1n) is 9.50. The number of carboxylic acids is 1. The van der Waals surface area contributed by atoms with Crippen molar-refractivity contribution in [3.05, 3.63) is 53.3 Å². The number of benzene rings is 2. The summed E-state index contributed by atoms with van der Waals surface area (Å²) in [6.45, 7) is 1.11. The molecule has 0 radical (unpaired) electrons. The van der Waals surface area contributed by atoms with E-state index in [2.05, 4.69) is 4.90 Å². The van der Waals surface area contributed by atoms with Crippen LogP contribution in [0.5, 0.6) is 17.2 Å². The van der Waals surface area contributed by atoms with Gasteiger partial charge in [0, 0.05) is 6.54 Å². The molecule has 6 nitrogen and oxygen atoms in total. The average Bonchev–Trinajstić information content (AvgIpc) is 2.74. The summed E-state index contributed by atoms with van der Waals surface area (Å²) in [5, 5.41) is 9.50. The van der Waals surface area contributed by atoms with E-state index in [0.717, 1.165) is 24.1 Å². The van der Waals surface area contributed by atoms with Crippen molar-refractivity contribution in [3.63, 3.8) is 0 Å². The van der Waals surface area contributed by atoms with Crippen molar-refractivity contribution < 1.29 is 28.5 Å². The monoisotopic (exact) mass is 403 g/mol. The number of likely N-dealkylation sites (tertiary alicyclic amines) is 1. The molecule has 0 aliphatic carbocycles. The second-order valence-corrected chi connectivity index (χ2v) is 7.08. The molecule has 0 bridgehead atoms. The van der Waals surface area contributed by atoms with Crippen LogP contribution in [0.2, 0.25) is 0 Å². The zero-order chi connectivity index (χ0) is 21.0. The largest absolute Gasteiger partial charge is 0.494 e. The van der Waals surface area contributed by atoms with Gasteiger partial charge in [0.2, 0.25) is 0 Å². The number of nitrogens with zero attached hydrogens (tertiary/aromatic N) is 1. The zero-order valence-corrected chi connectivity index (χ0v) is 16.9. The molecule has 29 heavy (non-hydrogen) atoms. The van der Waals surface area contributed by atoms with Gasteiger partial charge >= 0.3 is 5.97 Å². The van der Waals surface area contributed by atoms with E-state index in [-0.39, 0.29) is 11.8 Å². The maximum absolute atomic E-state index is 14.5. The number of piperidine rings is 1. The molecule has 2 aromatic carbocycles. The Labute approximate surface area is 169 Å². The summed E-state index contributed by atoms with van der Waals surface area (Å²) in [5.74, 6) is -0.381. The lowest BCUT2D eigenvalue weighted by atomic mass is 9.91. The van der Waals surface area contributed by atoms with Crippen LogP contribution in [-0.2, 0) is 4.79 Å². The number of methoxy groups -OCH3 is 3. The second kappa shape index (κ2) is 9.13. The number of aliphatic carboxylic acids is 1. The Morgan fingerprint density at radius 2 is 1.66 bits per heavy atom. The van der Waals surface area contributed by atoms with Crippen molar-refractivity contribution in [3.8, 4) is 17.2 Å². The van der Waals surface area contributed by atoms with Gasteiger partial charge in [-0.2, -0.15) is 0 Å². The summed E-state index contributed by atoms with van der Waals surface area (Å²) in [5.41, 5.74) is 1.60. The number of hydrogen-bond acceptors (Lipinski definition) is 5. The van der Waals surface area contributed by atoms with Crippen LogP contribution in [0.1, 0.15) is 30.0 Å². The number of halogens is 1. The van der Waals surface area contributed by atoms with Gasteiger partial charge in [0.1, 0.15) is 0 Å². The number of ether oxygens (including phenoxy) is 3. The molecule has 3 rings (SSSR count). The summed E-state index contributed by atoms with van der Waals surface area (Å²) in [7, 11) is 4.55. The number of rotatable bonds is 7. The summed E-state index contributed by atoms with van der Waals surface area (Å²) in [6.07, 6.45) is 1.40. The van der Waals surface area contributed by atoms with E-state index in [1.54, 1.807) is 26.4 Å². The third kappa shape index (κ3) is 4.45. The fraction of sp³-hybridized carbons (Fsp3) is 0.409. The standard InChI is InChI=1S/C22H26FNO5/c1-27-18-8-6-14(11-17(18)23)21(24-10-4-5-16(13-24)22(25)26)15-7-9-19(28-2)20(12-15)29-3/h6-9,11-12,16,21H,4-5,10,13H2,1-3H3,(H,25,26). The van der Waals surface area contributed by atoms with Gasteiger partial charge in [-0.25, -0.2) is 4.39 Å². The molecule has 1 aliphatic heterocycles. The highest BCUT2D eigenvalue weighted by Gasteiger charge is 2.32. The first kappa shape index (κ1) is 20.9. The fourth-order valence-electron chi connectivity index (χ4n) is 3.93. The van der Waals surface area contributed by atoms with E-state index in [4.69, 9.17) is 14.2 Å². The van der Waals surface area contributed by atoms with Crippen LogP contribution in [0.25, 0.3) is 0 Å². The van der Waals surface area contributed by atoms with E-state index in [9.17, 15) is 14.3 Å². The Morgan fingerprint density at radius 1 is 1.03 bits per heavy atom. The van der Waals surface area contributed by atoms with Gasteiger partial charge in [0.25, 0.3) is 0 Å². The van der Waals surface area contributed by atoms with Crippen molar-refractivity contribution in [2.45, 2.75) is 18.9 Å². The lowest BCUT2D eigenvalue weighted by molar-refractivity contribution is -0.143. The molecule has 0 amide bonds. The maximum atomic E-state index is 14.5. The molecule has 2 aromatic rings. The van der Waals surface area contributed by atoms with E-state index >= 15 is 0 Å². The molecule has 156 valence electrons. The SMILES string of the molecule is COc1ccc(C(c2ccc(OC)c(OC)c2)N2CCCC(C(=O)O)C2)cc1F. The molecule has 0 spiro atoms. The molecule has 2 unspecified atom stereocenters. The summed E-state index contributed by atoms with van der Waals surface area (Å²) in [4.78, 5) is 13.7. The van der Waals surface area contributed by atoms with Gasteiger partial charge in [0.15, 0.2) is 23.1 Å². The Morgan fingerprint density at radius 3 is 2.24 bits per heavy atom. The molecule has 0 saturated carbocycles. The molecule has 1 N–H and O–H groups in total. The van der Waals surface area contributed by atoms with Crippen LogP contribution in [0.15, 0.2) is 36.4 Å². The predicted molar refractivity (Wildman–Crippen MR) is 106 cm³/mol.